The predicted molar refractivity (Wildman–Crippen MR) is 68.9 cm³/mol. The number of fused-ring (bicyclic) bond motifs is 1. The van der Waals surface area contributed by atoms with E-state index in [9.17, 15) is 0 Å². The summed E-state index contributed by atoms with van der Waals surface area (Å²) < 4.78 is 2.91. The zero-order valence-electron chi connectivity index (χ0n) is 10.3. The van der Waals surface area contributed by atoms with Gasteiger partial charge in [-0.05, 0) is 35.8 Å². The van der Waals surface area contributed by atoms with Crippen molar-refractivity contribution in [1.29, 1.82) is 0 Å². The number of nitrogens with zero attached hydrogens (tertiary/aromatic N) is 3. The third-order valence-electron chi connectivity index (χ3n) is 2.55. The second kappa shape index (κ2) is 3.55. The van der Waals surface area contributed by atoms with Gasteiger partial charge in [-0.1, -0.05) is 20.8 Å². The fraction of sp³-hybridized carbons (Fsp3) is 0.500. The highest BCUT2D eigenvalue weighted by atomic mass is 79.9. The van der Waals surface area contributed by atoms with Gasteiger partial charge in [-0.25, -0.2) is 9.50 Å². The van der Waals surface area contributed by atoms with Gasteiger partial charge >= 0.3 is 0 Å². The summed E-state index contributed by atoms with van der Waals surface area (Å²) in [5.41, 5.74) is 4.10. The van der Waals surface area contributed by atoms with Crippen LogP contribution in [0.1, 0.15) is 37.9 Å². The van der Waals surface area contributed by atoms with Gasteiger partial charge in [0.05, 0.1) is 10.2 Å². The lowest BCUT2D eigenvalue weighted by atomic mass is 9.92. The molecule has 0 aromatic carbocycles. The third kappa shape index (κ3) is 1.75. The maximum atomic E-state index is 4.63. The summed E-state index contributed by atoms with van der Waals surface area (Å²) in [5, 5.41) is 4.63. The Kier molecular flexibility index (Phi) is 2.57. The average Bonchev–Trinajstić information content (AvgIpc) is 2.43. The Hall–Kier alpha value is -0.900. The van der Waals surface area contributed by atoms with Gasteiger partial charge in [0.1, 0.15) is 0 Å². The maximum Gasteiger partial charge on any atom is 0.170 e. The minimum atomic E-state index is 0.0207. The number of aryl methyl sites for hydroxylation is 2. The Morgan fingerprint density at radius 1 is 1.25 bits per heavy atom. The van der Waals surface area contributed by atoms with Crippen molar-refractivity contribution in [3.63, 3.8) is 0 Å². The molecule has 0 N–H and O–H groups in total. The van der Waals surface area contributed by atoms with Crippen LogP contribution in [0.2, 0.25) is 0 Å². The van der Waals surface area contributed by atoms with E-state index in [1.54, 1.807) is 0 Å². The highest BCUT2D eigenvalue weighted by Gasteiger charge is 2.24. The molecule has 16 heavy (non-hydrogen) atoms. The van der Waals surface area contributed by atoms with E-state index in [4.69, 9.17) is 0 Å². The van der Waals surface area contributed by atoms with Crippen molar-refractivity contribution >= 4 is 21.6 Å². The van der Waals surface area contributed by atoms with Crippen molar-refractivity contribution in [3.8, 4) is 0 Å². The molecule has 0 aliphatic carbocycles. The highest BCUT2D eigenvalue weighted by molar-refractivity contribution is 9.10. The first kappa shape index (κ1) is 11.6. The van der Waals surface area contributed by atoms with Crippen LogP contribution >= 0.6 is 15.9 Å². The van der Waals surface area contributed by atoms with Crippen LogP contribution in [0.5, 0.6) is 0 Å². The molecule has 2 aromatic heterocycles. The number of aromatic nitrogens is 3. The van der Waals surface area contributed by atoms with E-state index in [2.05, 4.69) is 46.8 Å². The van der Waals surface area contributed by atoms with Crippen LogP contribution in [-0.2, 0) is 5.41 Å². The minimum absolute atomic E-state index is 0.0207. The molecular formula is C12H16BrN3. The molecule has 0 atom stereocenters. The molecule has 0 aliphatic rings. The lowest BCUT2D eigenvalue weighted by Crippen LogP contribution is -2.12. The Morgan fingerprint density at radius 2 is 1.88 bits per heavy atom. The first-order valence-corrected chi connectivity index (χ1v) is 6.13. The fourth-order valence-electron chi connectivity index (χ4n) is 1.77. The van der Waals surface area contributed by atoms with Crippen molar-refractivity contribution in [2.75, 3.05) is 0 Å². The van der Waals surface area contributed by atoms with Crippen LogP contribution in [0.15, 0.2) is 10.5 Å². The van der Waals surface area contributed by atoms with Crippen molar-refractivity contribution < 1.29 is 0 Å². The molecule has 2 rings (SSSR count). The van der Waals surface area contributed by atoms with Crippen molar-refractivity contribution in [1.82, 2.24) is 14.6 Å². The highest BCUT2D eigenvalue weighted by Crippen LogP contribution is 2.31. The second-order valence-electron chi connectivity index (χ2n) is 5.19. The van der Waals surface area contributed by atoms with Crippen molar-refractivity contribution in [2.24, 2.45) is 0 Å². The molecule has 0 spiro atoms. The van der Waals surface area contributed by atoms with E-state index < -0.39 is 0 Å². The molecule has 86 valence electrons. The van der Waals surface area contributed by atoms with Gasteiger partial charge in [0, 0.05) is 16.8 Å². The molecule has 0 bridgehead atoms. The predicted octanol–water partition coefficient (Wildman–Crippen LogP) is 3.41. The van der Waals surface area contributed by atoms with Gasteiger partial charge in [0.2, 0.25) is 0 Å². The average molecular weight is 282 g/mol. The Balaban J connectivity index is 2.83. The van der Waals surface area contributed by atoms with Gasteiger partial charge in [0.25, 0.3) is 0 Å². The van der Waals surface area contributed by atoms with Crippen LogP contribution in [0.25, 0.3) is 5.65 Å². The zero-order valence-corrected chi connectivity index (χ0v) is 11.9. The summed E-state index contributed by atoms with van der Waals surface area (Å²) in [5.74, 6) is 0. The van der Waals surface area contributed by atoms with Gasteiger partial charge in [-0.3, -0.25) is 0 Å². The first-order chi connectivity index (χ1) is 7.30. The largest absolute Gasteiger partial charge is 0.233 e. The topological polar surface area (TPSA) is 30.2 Å². The Labute approximate surface area is 104 Å². The molecule has 0 unspecified atom stereocenters. The normalized spacial score (nSPS) is 12.4. The van der Waals surface area contributed by atoms with Crippen LogP contribution in [0.4, 0.5) is 0 Å². The van der Waals surface area contributed by atoms with Crippen LogP contribution in [-0.4, -0.2) is 14.6 Å². The summed E-state index contributed by atoms with van der Waals surface area (Å²) in [6.07, 6.45) is 0. The van der Waals surface area contributed by atoms with E-state index in [1.807, 2.05) is 24.4 Å². The van der Waals surface area contributed by atoms with Crippen molar-refractivity contribution in [2.45, 2.75) is 40.0 Å². The smallest absolute Gasteiger partial charge is 0.170 e. The van der Waals surface area contributed by atoms with E-state index >= 15 is 0 Å². The number of halogens is 1. The van der Waals surface area contributed by atoms with Crippen LogP contribution < -0.4 is 0 Å². The lowest BCUT2D eigenvalue weighted by Gasteiger charge is -2.14. The summed E-state index contributed by atoms with van der Waals surface area (Å²) >= 11 is 3.61. The molecule has 0 radical (unpaired) electrons. The van der Waals surface area contributed by atoms with Gasteiger partial charge < -0.3 is 0 Å². The summed E-state index contributed by atoms with van der Waals surface area (Å²) in [4.78, 5) is 4.52. The van der Waals surface area contributed by atoms with Crippen LogP contribution in [0, 0.1) is 13.8 Å². The van der Waals surface area contributed by atoms with E-state index in [0.29, 0.717) is 0 Å². The quantitative estimate of drug-likeness (QED) is 0.741. The summed E-state index contributed by atoms with van der Waals surface area (Å²) in [7, 11) is 0. The number of rotatable bonds is 0. The van der Waals surface area contributed by atoms with Crippen LogP contribution in [0.3, 0.4) is 0 Å². The monoisotopic (exact) mass is 281 g/mol. The van der Waals surface area contributed by atoms with E-state index in [0.717, 1.165) is 27.2 Å². The minimum Gasteiger partial charge on any atom is -0.233 e. The second-order valence-corrected chi connectivity index (χ2v) is 5.98. The SMILES string of the molecule is Cc1cc(C)n2nc(C(C)(C)C)c(Br)c2n1. The molecule has 0 saturated carbocycles. The van der Waals surface area contributed by atoms with E-state index in [-0.39, 0.29) is 5.41 Å². The Morgan fingerprint density at radius 3 is 2.44 bits per heavy atom. The lowest BCUT2D eigenvalue weighted by molar-refractivity contribution is 0.559. The number of hydrogen-bond donors (Lipinski definition) is 0. The first-order valence-electron chi connectivity index (χ1n) is 5.33. The molecule has 3 nitrogen and oxygen atoms in total. The van der Waals surface area contributed by atoms with Crippen molar-refractivity contribution in [3.05, 3.63) is 27.6 Å². The maximum absolute atomic E-state index is 4.63. The van der Waals surface area contributed by atoms with Gasteiger partial charge in [-0.2, -0.15) is 5.10 Å². The molecular weight excluding hydrogens is 266 g/mol. The molecule has 2 heterocycles. The van der Waals surface area contributed by atoms with E-state index in [1.165, 1.54) is 0 Å². The Bertz CT molecular complexity index is 549. The summed E-state index contributed by atoms with van der Waals surface area (Å²) in [6.45, 7) is 10.5. The zero-order chi connectivity index (χ0) is 12.1. The number of hydrogen-bond acceptors (Lipinski definition) is 2. The molecule has 4 heteroatoms. The molecule has 0 amide bonds. The molecule has 0 aliphatic heterocycles. The van der Waals surface area contributed by atoms with Gasteiger partial charge in [-0.15, -0.1) is 0 Å². The summed E-state index contributed by atoms with van der Waals surface area (Å²) in [6, 6.07) is 2.04. The standard InChI is InChI=1S/C12H16BrN3/c1-7-6-8(2)16-11(14-7)9(13)10(15-16)12(3,4)5/h6H,1-5H3. The third-order valence-corrected chi connectivity index (χ3v) is 3.28. The molecule has 2 aromatic rings. The van der Waals surface area contributed by atoms with Gasteiger partial charge in [0.15, 0.2) is 5.65 Å². The molecule has 0 saturated heterocycles. The molecule has 0 fully saturated rings. The fourth-order valence-corrected chi connectivity index (χ4v) is 2.71.